The lowest BCUT2D eigenvalue weighted by atomic mass is 9.93. The van der Waals surface area contributed by atoms with Crippen molar-refractivity contribution in [1.82, 2.24) is 29.1 Å². The minimum Gasteiger partial charge on any atom is -0.338 e. The van der Waals surface area contributed by atoms with Gasteiger partial charge >= 0.3 is 6.18 Å². The van der Waals surface area contributed by atoms with Crippen LogP contribution in [-0.2, 0) is 12.6 Å². The summed E-state index contributed by atoms with van der Waals surface area (Å²) in [4.78, 5) is 19.2. The minimum atomic E-state index is -4.51. The summed E-state index contributed by atoms with van der Waals surface area (Å²) in [7, 11) is 0. The van der Waals surface area contributed by atoms with Crippen molar-refractivity contribution in [3.05, 3.63) is 39.8 Å². The molecule has 1 amide bonds. The first-order valence-electron chi connectivity index (χ1n) is 9.33. The van der Waals surface area contributed by atoms with Gasteiger partial charge in [0, 0.05) is 30.8 Å². The summed E-state index contributed by atoms with van der Waals surface area (Å²) < 4.78 is 45.0. The van der Waals surface area contributed by atoms with Crippen molar-refractivity contribution in [2.75, 3.05) is 13.1 Å². The molecule has 29 heavy (non-hydrogen) atoms. The first-order chi connectivity index (χ1) is 13.8. The third kappa shape index (κ3) is 3.70. The Morgan fingerprint density at radius 2 is 2.00 bits per heavy atom. The van der Waals surface area contributed by atoms with Crippen molar-refractivity contribution < 1.29 is 18.0 Å². The van der Waals surface area contributed by atoms with Gasteiger partial charge < -0.3 is 4.90 Å². The highest BCUT2D eigenvalue weighted by Gasteiger charge is 2.36. The molecule has 0 radical (unpaired) electrons. The Bertz CT molecular complexity index is 1050. The number of hydrogen-bond acceptors (Lipinski definition) is 6. The van der Waals surface area contributed by atoms with Crippen LogP contribution in [0.4, 0.5) is 13.2 Å². The SMILES string of the molecule is CCc1cc(C(F)(F)F)n2nc(C3CCN(C(=O)c4snnc4C)CC3)cc2n1. The molecule has 0 bridgehead atoms. The van der Waals surface area contributed by atoms with E-state index in [2.05, 4.69) is 19.7 Å². The van der Waals surface area contributed by atoms with Gasteiger partial charge in [-0.25, -0.2) is 9.50 Å². The Kier molecular flexibility index (Phi) is 5.01. The van der Waals surface area contributed by atoms with Crippen molar-refractivity contribution >= 4 is 23.1 Å². The molecule has 7 nitrogen and oxygen atoms in total. The number of aryl methyl sites for hydroxylation is 2. The molecule has 0 aromatic carbocycles. The van der Waals surface area contributed by atoms with E-state index in [1.807, 2.05) is 0 Å². The Hall–Kier alpha value is -2.56. The fourth-order valence-corrected chi connectivity index (χ4v) is 4.20. The van der Waals surface area contributed by atoms with E-state index in [0.717, 1.165) is 22.1 Å². The number of fused-ring (bicyclic) bond motifs is 1. The molecule has 0 spiro atoms. The van der Waals surface area contributed by atoms with Gasteiger partial charge in [0.15, 0.2) is 5.65 Å². The number of likely N-dealkylation sites (tertiary alicyclic amines) is 1. The molecule has 0 N–H and O–H groups in total. The topological polar surface area (TPSA) is 76.3 Å². The van der Waals surface area contributed by atoms with E-state index < -0.39 is 11.9 Å². The van der Waals surface area contributed by atoms with E-state index in [4.69, 9.17) is 0 Å². The lowest BCUT2D eigenvalue weighted by Crippen LogP contribution is -2.37. The lowest BCUT2D eigenvalue weighted by Gasteiger charge is -2.30. The molecule has 1 aliphatic rings. The summed E-state index contributed by atoms with van der Waals surface area (Å²) in [5.41, 5.74) is 0.965. The monoisotopic (exact) mass is 424 g/mol. The van der Waals surface area contributed by atoms with Gasteiger partial charge in [-0.2, -0.15) is 18.3 Å². The number of carbonyl (C=O) groups is 1. The van der Waals surface area contributed by atoms with E-state index in [0.29, 0.717) is 54.3 Å². The number of carbonyl (C=O) groups excluding carboxylic acids is 1. The molecule has 154 valence electrons. The summed E-state index contributed by atoms with van der Waals surface area (Å²) in [5, 5.41) is 8.10. The zero-order valence-electron chi connectivity index (χ0n) is 15.9. The van der Waals surface area contributed by atoms with Gasteiger partial charge in [0.05, 0.1) is 11.4 Å². The highest BCUT2D eigenvalue weighted by molar-refractivity contribution is 7.07. The van der Waals surface area contributed by atoms with Crippen LogP contribution in [0, 0.1) is 6.92 Å². The third-order valence-electron chi connectivity index (χ3n) is 5.20. The molecule has 4 rings (SSSR count). The molecule has 4 heterocycles. The highest BCUT2D eigenvalue weighted by Crippen LogP contribution is 2.33. The van der Waals surface area contributed by atoms with Gasteiger partial charge in [0.1, 0.15) is 10.6 Å². The average Bonchev–Trinajstić information content (AvgIpc) is 3.31. The smallest absolute Gasteiger partial charge is 0.338 e. The maximum atomic E-state index is 13.5. The van der Waals surface area contributed by atoms with Crippen LogP contribution in [0.5, 0.6) is 0 Å². The van der Waals surface area contributed by atoms with Crippen molar-refractivity contribution in [2.45, 2.75) is 45.2 Å². The largest absolute Gasteiger partial charge is 0.433 e. The van der Waals surface area contributed by atoms with Crippen molar-refractivity contribution in [3.63, 3.8) is 0 Å². The van der Waals surface area contributed by atoms with Crippen LogP contribution < -0.4 is 0 Å². The number of alkyl halides is 3. The highest BCUT2D eigenvalue weighted by atomic mass is 32.1. The normalized spacial score (nSPS) is 16.0. The number of hydrogen-bond donors (Lipinski definition) is 0. The molecular formula is C18H19F3N6OS. The molecule has 3 aromatic rings. The van der Waals surface area contributed by atoms with Crippen LogP contribution in [0.3, 0.4) is 0 Å². The second kappa shape index (κ2) is 7.36. The second-order valence-electron chi connectivity index (χ2n) is 7.08. The fraction of sp³-hybridized carbons (Fsp3) is 0.500. The maximum absolute atomic E-state index is 13.5. The van der Waals surface area contributed by atoms with Crippen LogP contribution in [0.1, 0.15) is 58.1 Å². The zero-order valence-corrected chi connectivity index (χ0v) is 16.7. The van der Waals surface area contributed by atoms with E-state index in [-0.39, 0.29) is 17.5 Å². The first kappa shape index (κ1) is 19.7. The molecule has 0 unspecified atom stereocenters. The molecule has 0 saturated carbocycles. The summed E-state index contributed by atoms with van der Waals surface area (Å²) in [6.07, 6.45) is -2.84. The molecule has 3 aromatic heterocycles. The van der Waals surface area contributed by atoms with E-state index in [9.17, 15) is 18.0 Å². The average molecular weight is 424 g/mol. The van der Waals surface area contributed by atoms with Gasteiger partial charge in [-0.3, -0.25) is 4.79 Å². The van der Waals surface area contributed by atoms with Gasteiger partial charge in [0.25, 0.3) is 5.91 Å². The van der Waals surface area contributed by atoms with Crippen molar-refractivity contribution in [3.8, 4) is 0 Å². The maximum Gasteiger partial charge on any atom is 0.433 e. The molecule has 1 saturated heterocycles. The number of amides is 1. The molecular weight excluding hydrogens is 405 g/mol. The van der Waals surface area contributed by atoms with Crippen LogP contribution in [0.2, 0.25) is 0 Å². The Labute approximate surface area is 168 Å². The first-order valence-corrected chi connectivity index (χ1v) is 10.1. The minimum absolute atomic E-state index is 0.0207. The number of nitrogens with zero attached hydrogens (tertiary/aromatic N) is 6. The Morgan fingerprint density at radius 3 is 2.59 bits per heavy atom. The quantitative estimate of drug-likeness (QED) is 0.643. The van der Waals surface area contributed by atoms with Gasteiger partial charge in [-0.1, -0.05) is 11.4 Å². The van der Waals surface area contributed by atoms with Gasteiger partial charge in [0.2, 0.25) is 0 Å². The summed E-state index contributed by atoms with van der Waals surface area (Å²) in [6, 6.07) is 2.68. The molecule has 0 aliphatic carbocycles. The van der Waals surface area contributed by atoms with Crippen LogP contribution >= 0.6 is 11.5 Å². The van der Waals surface area contributed by atoms with E-state index >= 15 is 0 Å². The summed E-state index contributed by atoms with van der Waals surface area (Å²) in [6.45, 7) is 4.53. The van der Waals surface area contributed by atoms with Crippen LogP contribution in [-0.4, -0.2) is 48.1 Å². The molecule has 11 heteroatoms. The second-order valence-corrected chi connectivity index (χ2v) is 7.83. The number of aromatic nitrogens is 5. The van der Waals surface area contributed by atoms with Crippen LogP contribution in [0.25, 0.3) is 5.65 Å². The zero-order chi connectivity index (χ0) is 20.8. The van der Waals surface area contributed by atoms with Crippen LogP contribution in [0.15, 0.2) is 12.1 Å². The molecule has 0 atom stereocenters. The van der Waals surface area contributed by atoms with Gasteiger partial charge in [-0.15, -0.1) is 5.10 Å². The number of rotatable bonds is 3. The van der Waals surface area contributed by atoms with Crippen molar-refractivity contribution in [1.29, 1.82) is 0 Å². The predicted molar refractivity (Wildman–Crippen MR) is 99.9 cm³/mol. The van der Waals surface area contributed by atoms with Gasteiger partial charge in [-0.05, 0) is 43.8 Å². The third-order valence-corrected chi connectivity index (χ3v) is 6.01. The summed E-state index contributed by atoms with van der Waals surface area (Å²) >= 11 is 1.08. The fourth-order valence-electron chi connectivity index (χ4n) is 3.58. The van der Waals surface area contributed by atoms with E-state index in [1.54, 1.807) is 24.8 Å². The molecule has 1 aliphatic heterocycles. The lowest BCUT2D eigenvalue weighted by molar-refractivity contribution is -0.142. The molecule has 1 fully saturated rings. The van der Waals surface area contributed by atoms with E-state index in [1.165, 1.54) is 0 Å². The predicted octanol–water partition coefficient (Wildman–Crippen LogP) is 3.49. The standard InChI is InChI=1S/C18H19F3N6OS/c1-3-12-8-14(18(19,20)21)27-15(22-12)9-13(24-27)11-4-6-26(7-5-11)17(28)16-10(2)23-25-29-16/h8-9,11H,3-7H2,1-2H3. The van der Waals surface area contributed by atoms with Crippen molar-refractivity contribution in [2.24, 2.45) is 0 Å². The Morgan fingerprint density at radius 1 is 1.28 bits per heavy atom. The Balaban J connectivity index is 1.56. The number of piperidine rings is 1. The summed E-state index contributed by atoms with van der Waals surface area (Å²) in [5.74, 6) is -0.118. The number of halogens is 3.